The first-order valence-electron chi connectivity index (χ1n) is 5.39. The summed E-state index contributed by atoms with van der Waals surface area (Å²) in [5.41, 5.74) is 11.6. The summed E-state index contributed by atoms with van der Waals surface area (Å²) < 4.78 is 0. The average molecular weight is 186 g/mol. The van der Waals surface area contributed by atoms with Crippen molar-refractivity contribution in [2.24, 2.45) is 11.5 Å². The fourth-order valence-electron chi connectivity index (χ4n) is 1.24. The van der Waals surface area contributed by atoms with Crippen LogP contribution in [0.3, 0.4) is 0 Å². The number of rotatable bonds is 6. The lowest BCUT2D eigenvalue weighted by molar-refractivity contribution is 0.258. The molecule has 0 aliphatic carbocycles. The molecule has 0 radical (unpaired) electrons. The molecule has 0 aliphatic heterocycles. The van der Waals surface area contributed by atoms with E-state index in [-0.39, 0.29) is 11.1 Å². The molecule has 0 bridgehead atoms. The minimum Gasteiger partial charge on any atom is -0.324 e. The predicted octanol–water partition coefficient (Wildman–Crippen LogP) is 2.41. The van der Waals surface area contributed by atoms with Gasteiger partial charge in [0.15, 0.2) is 0 Å². The quantitative estimate of drug-likeness (QED) is 0.626. The Kier molecular flexibility index (Phi) is 4.93. The molecular formula is C11H26N2. The molecule has 0 aromatic rings. The van der Waals surface area contributed by atoms with E-state index in [1.54, 1.807) is 0 Å². The monoisotopic (exact) mass is 186 g/mol. The first-order valence-corrected chi connectivity index (χ1v) is 5.39. The molecule has 2 nitrogen and oxygen atoms in total. The third-order valence-electron chi connectivity index (χ3n) is 3.02. The van der Waals surface area contributed by atoms with E-state index < -0.39 is 0 Å². The van der Waals surface area contributed by atoms with Gasteiger partial charge in [-0.3, -0.25) is 0 Å². The van der Waals surface area contributed by atoms with Gasteiger partial charge < -0.3 is 11.5 Å². The molecule has 0 saturated heterocycles. The SMILES string of the molecule is CCCCCCC(C)(N)C(C)(C)N. The van der Waals surface area contributed by atoms with Crippen molar-refractivity contribution in [2.75, 3.05) is 0 Å². The maximum atomic E-state index is 6.15. The molecule has 2 heteroatoms. The Morgan fingerprint density at radius 3 is 1.85 bits per heavy atom. The zero-order valence-corrected chi connectivity index (χ0v) is 9.69. The number of hydrogen-bond donors (Lipinski definition) is 2. The zero-order chi connectivity index (χ0) is 10.5. The summed E-state index contributed by atoms with van der Waals surface area (Å²) in [6.07, 6.45) is 6.08. The van der Waals surface area contributed by atoms with E-state index >= 15 is 0 Å². The van der Waals surface area contributed by atoms with Crippen molar-refractivity contribution in [2.45, 2.75) is 70.9 Å². The van der Waals surface area contributed by atoms with E-state index in [0.29, 0.717) is 0 Å². The standard InChI is InChI=1S/C11H26N2/c1-5-6-7-8-9-11(4,13)10(2,3)12/h5-9,12-13H2,1-4H3. The molecule has 13 heavy (non-hydrogen) atoms. The summed E-state index contributed by atoms with van der Waals surface area (Å²) >= 11 is 0. The number of hydrogen-bond acceptors (Lipinski definition) is 2. The van der Waals surface area contributed by atoms with Gasteiger partial charge in [0.25, 0.3) is 0 Å². The van der Waals surface area contributed by atoms with Crippen LogP contribution in [-0.2, 0) is 0 Å². The lowest BCUT2D eigenvalue weighted by Gasteiger charge is -2.38. The van der Waals surface area contributed by atoms with Crippen LogP contribution in [0.25, 0.3) is 0 Å². The molecule has 0 spiro atoms. The van der Waals surface area contributed by atoms with Crippen LogP contribution >= 0.6 is 0 Å². The highest BCUT2D eigenvalue weighted by Gasteiger charge is 2.33. The van der Waals surface area contributed by atoms with Gasteiger partial charge in [-0.2, -0.15) is 0 Å². The van der Waals surface area contributed by atoms with Gasteiger partial charge in [-0.15, -0.1) is 0 Å². The molecule has 0 aromatic carbocycles. The van der Waals surface area contributed by atoms with E-state index in [1.807, 2.05) is 13.8 Å². The van der Waals surface area contributed by atoms with Crippen molar-refractivity contribution in [3.05, 3.63) is 0 Å². The van der Waals surface area contributed by atoms with Crippen LogP contribution in [0.4, 0.5) is 0 Å². The van der Waals surface area contributed by atoms with E-state index in [2.05, 4.69) is 13.8 Å². The molecule has 0 aliphatic rings. The summed E-state index contributed by atoms with van der Waals surface area (Å²) in [4.78, 5) is 0. The highest BCUT2D eigenvalue weighted by molar-refractivity contribution is 4.97. The molecule has 0 aromatic heterocycles. The molecule has 0 heterocycles. The Bertz CT molecular complexity index is 134. The van der Waals surface area contributed by atoms with Crippen LogP contribution in [-0.4, -0.2) is 11.1 Å². The van der Waals surface area contributed by atoms with Crippen LogP contribution < -0.4 is 11.5 Å². The lowest BCUT2D eigenvalue weighted by Crippen LogP contribution is -2.60. The molecule has 1 unspecified atom stereocenters. The van der Waals surface area contributed by atoms with Crippen molar-refractivity contribution < 1.29 is 0 Å². The Hall–Kier alpha value is -0.0800. The van der Waals surface area contributed by atoms with Crippen LogP contribution in [0.1, 0.15) is 59.8 Å². The van der Waals surface area contributed by atoms with Crippen molar-refractivity contribution in [1.82, 2.24) is 0 Å². The maximum Gasteiger partial charge on any atom is 0.0302 e. The zero-order valence-electron chi connectivity index (χ0n) is 9.69. The summed E-state index contributed by atoms with van der Waals surface area (Å²) in [7, 11) is 0. The van der Waals surface area contributed by atoms with Gasteiger partial charge in [0.1, 0.15) is 0 Å². The molecule has 0 saturated carbocycles. The lowest BCUT2D eigenvalue weighted by atomic mass is 9.79. The van der Waals surface area contributed by atoms with Crippen molar-refractivity contribution in [3.8, 4) is 0 Å². The first kappa shape index (κ1) is 12.9. The van der Waals surface area contributed by atoms with Gasteiger partial charge in [0.05, 0.1) is 0 Å². The third kappa shape index (κ3) is 4.63. The topological polar surface area (TPSA) is 52.0 Å². The van der Waals surface area contributed by atoms with E-state index in [4.69, 9.17) is 11.5 Å². The summed E-state index contributed by atoms with van der Waals surface area (Å²) in [5.74, 6) is 0. The van der Waals surface area contributed by atoms with Crippen LogP contribution in [0.2, 0.25) is 0 Å². The highest BCUT2D eigenvalue weighted by Crippen LogP contribution is 2.22. The smallest absolute Gasteiger partial charge is 0.0302 e. The molecule has 1 atom stereocenters. The summed E-state index contributed by atoms with van der Waals surface area (Å²) in [6.45, 7) is 8.28. The molecule has 0 fully saturated rings. The molecule has 0 amide bonds. The Labute approximate surface area is 83.1 Å². The second-order valence-electron chi connectivity index (χ2n) is 4.95. The fourth-order valence-corrected chi connectivity index (χ4v) is 1.24. The van der Waals surface area contributed by atoms with Crippen LogP contribution in [0.5, 0.6) is 0 Å². The largest absolute Gasteiger partial charge is 0.324 e. The third-order valence-corrected chi connectivity index (χ3v) is 3.02. The normalized spacial score (nSPS) is 17.1. The van der Waals surface area contributed by atoms with Crippen LogP contribution in [0, 0.1) is 0 Å². The van der Waals surface area contributed by atoms with E-state index in [1.165, 1.54) is 25.7 Å². The Balaban J connectivity index is 3.77. The van der Waals surface area contributed by atoms with Crippen molar-refractivity contribution in [3.63, 3.8) is 0 Å². The summed E-state index contributed by atoms with van der Waals surface area (Å²) in [6, 6.07) is 0. The molecule has 0 rings (SSSR count). The Morgan fingerprint density at radius 1 is 0.923 bits per heavy atom. The van der Waals surface area contributed by atoms with Crippen molar-refractivity contribution in [1.29, 1.82) is 0 Å². The fraction of sp³-hybridized carbons (Fsp3) is 1.00. The molecule has 4 N–H and O–H groups in total. The first-order chi connectivity index (χ1) is 5.81. The van der Waals surface area contributed by atoms with Gasteiger partial charge in [-0.1, -0.05) is 32.6 Å². The van der Waals surface area contributed by atoms with Gasteiger partial charge in [0.2, 0.25) is 0 Å². The van der Waals surface area contributed by atoms with Gasteiger partial charge in [-0.05, 0) is 27.2 Å². The predicted molar refractivity (Wildman–Crippen MR) is 59.6 cm³/mol. The minimum atomic E-state index is -0.279. The minimum absolute atomic E-state index is 0.235. The Morgan fingerprint density at radius 2 is 1.46 bits per heavy atom. The molecule has 80 valence electrons. The van der Waals surface area contributed by atoms with Gasteiger partial charge in [-0.25, -0.2) is 0 Å². The molecular weight excluding hydrogens is 160 g/mol. The second kappa shape index (κ2) is 4.97. The van der Waals surface area contributed by atoms with Gasteiger partial charge in [0, 0.05) is 11.1 Å². The van der Waals surface area contributed by atoms with Crippen molar-refractivity contribution >= 4 is 0 Å². The summed E-state index contributed by atoms with van der Waals surface area (Å²) in [5, 5.41) is 0. The number of unbranched alkanes of at least 4 members (excludes halogenated alkanes) is 3. The van der Waals surface area contributed by atoms with Gasteiger partial charge >= 0.3 is 0 Å². The number of nitrogens with two attached hydrogens (primary N) is 2. The average Bonchev–Trinajstić information content (AvgIpc) is 1.96. The highest BCUT2D eigenvalue weighted by atomic mass is 14.9. The van der Waals surface area contributed by atoms with E-state index in [9.17, 15) is 0 Å². The second-order valence-corrected chi connectivity index (χ2v) is 4.95. The maximum absolute atomic E-state index is 6.15. The van der Waals surface area contributed by atoms with Crippen LogP contribution in [0.15, 0.2) is 0 Å². The van der Waals surface area contributed by atoms with E-state index in [0.717, 1.165) is 6.42 Å².